The second-order valence-corrected chi connectivity index (χ2v) is 5.51. The molecule has 1 saturated heterocycles. The molecule has 2 rings (SSSR count). The largest absolute Gasteiger partial charge is 0.352 e. The SMILES string of the molecule is CC1CCC(NC(=O)CN2CCCC2)CC1. The minimum atomic E-state index is 0.237. The molecule has 0 unspecified atom stereocenters. The van der Waals surface area contributed by atoms with E-state index >= 15 is 0 Å². The summed E-state index contributed by atoms with van der Waals surface area (Å²) in [4.78, 5) is 14.1. The number of likely N-dealkylation sites (tertiary alicyclic amines) is 1. The Morgan fingerprint density at radius 1 is 1.19 bits per heavy atom. The van der Waals surface area contributed by atoms with Gasteiger partial charge in [0.1, 0.15) is 0 Å². The zero-order valence-electron chi connectivity index (χ0n) is 10.4. The van der Waals surface area contributed by atoms with Crippen LogP contribution in [0.5, 0.6) is 0 Å². The fraction of sp³-hybridized carbons (Fsp3) is 0.923. The maximum Gasteiger partial charge on any atom is 0.234 e. The average molecular weight is 224 g/mol. The van der Waals surface area contributed by atoms with Crippen molar-refractivity contribution in [1.82, 2.24) is 10.2 Å². The van der Waals surface area contributed by atoms with Gasteiger partial charge in [0.25, 0.3) is 0 Å². The molecule has 0 atom stereocenters. The molecule has 16 heavy (non-hydrogen) atoms. The van der Waals surface area contributed by atoms with Crippen molar-refractivity contribution in [2.75, 3.05) is 19.6 Å². The van der Waals surface area contributed by atoms with E-state index in [1.54, 1.807) is 0 Å². The molecule has 92 valence electrons. The van der Waals surface area contributed by atoms with E-state index in [0.717, 1.165) is 19.0 Å². The lowest BCUT2D eigenvalue weighted by atomic mass is 9.87. The number of hydrogen-bond donors (Lipinski definition) is 1. The molecule has 3 heteroatoms. The third-order valence-electron chi connectivity index (χ3n) is 3.95. The molecule has 1 heterocycles. The van der Waals surface area contributed by atoms with Gasteiger partial charge in [-0.2, -0.15) is 0 Å². The summed E-state index contributed by atoms with van der Waals surface area (Å²) in [5.74, 6) is 1.09. The molecule has 1 N–H and O–H groups in total. The standard InChI is InChI=1S/C13H24N2O/c1-11-4-6-12(7-5-11)14-13(16)10-15-8-2-3-9-15/h11-12H,2-10H2,1H3,(H,14,16). The van der Waals surface area contributed by atoms with Gasteiger partial charge in [-0.15, -0.1) is 0 Å². The number of carbonyl (C=O) groups is 1. The summed E-state index contributed by atoms with van der Waals surface area (Å²) in [7, 11) is 0. The van der Waals surface area contributed by atoms with Gasteiger partial charge in [-0.05, 0) is 57.5 Å². The monoisotopic (exact) mass is 224 g/mol. The maximum absolute atomic E-state index is 11.8. The van der Waals surface area contributed by atoms with Gasteiger partial charge in [0.05, 0.1) is 6.54 Å². The Bertz CT molecular complexity index is 228. The molecule has 0 bridgehead atoms. The van der Waals surface area contributed by atoms with Crippen LogP contribution in [0.1, 0.15) is 45.4 Å². The molecule has 2 fully saturated rings. The number of nitrogens with one attached hydrogen (secondary N) is 1. The van der Waals surface area contributed by atoms with Crippen LogP contribution in [0.15, 0.2) is 0 Å². The first kappa shape index (κ1) is 11.9. The molecule has 0 aromatic rings. The van der Waals surface area contributed by atoms with Crippen LogP contribution >= 0.6 is 0 Å². The fourth-order valence-electron chi connectivity index (χ4n) is 2.82. The molecular formula is C13H24N2O. The van der Waals surface area contributed by atoms with Gasteiger partial charge in [0.2, 0.25) is 5.91 Å². The van der Waals surface area contributed by atoms with Crippen LogP contribution in [0.2, 0.25) is 0 Å². The predicted molar refractivity (Wildman–Crippen MR) is 65.2 cm³/mol. The Kier molecular flexibility index (Phi) is 4.22. The van der Waals surface area contributed by atoms with E-state index in [1.165, 1.54) is 38.5 Å². The van der Waals surface area contributed by atoms with Gasteiger partial charge in [-0.25, -0.2) is 0 Å². The molecule has 0 aromatic heterocycles. The minimum Gasteiger partial charge on any atom is -0.352 e. The molecule has 3 nitrogen and oxygen atoms in total. The van der Waals surface area contributed by atoms with Crippen molar-refractivity contribution in [2.24, 2.45) is 5.92 Å². The summed E-state index contributed by atoms with van der Waals surface area (Å²) in [5, 5.41) is 3.19. The summed E-state index contributed by atoms with van der Waals surface area (Å²) >= 11 is 0. The highest BCUT2D eigenvalue weighted by atomic mass is 16.2. The van der Waals surface area contributed by atoms with E-state index in [0.29, 0.717) is 12.6 Å². The van der Waals surface area contributed by atoms with Crippen LogP contribution in [0, 0.1) is 5.92 Å². The zero-order chi connectivity index (χ0) is 11.4. The summed E-state index contributed by atoms with van der Waals surface area (Å²) in [6.07, 6.45) is 7.41. The average Bonchev–Trinajstić information content (AvgIpc) is 2.74. The van der Waals surface area contributed by atoms with Crippen molar-refractivity contribution in [1.29, 1.82) is 0 Å². The Hall–Kier alpha value is -0.570. The van der Waals surface area contributed by atoms with Gasteiger partial charge in [0.15, 0.2) is 0 Å². The quantitative estimate of drug-likeness (QED) is 0.792. The lowest BCUT2D eigenvalue weighted by Crippen LogP contribution is -2.42. The second-order valence-electron chi connectivity index (χ2n) is 5.51. The summed E-state index contributed by atoms with van der Waals surface area (Å²) in [5.41, 5.74) is 0. The molecule has 1 saturated carbocycles. The van der Waals surface area contributed by atoms with Gasteiger partial charge in [0, 0.05) is 6.04 Å². The van der Waals surface area contributed by atoms with Crippen LogP contribution in [0.25, 0.3) is 0 Å². The van der Waals surface area contributed by atoms with Crippen molar-refractivity contribution in [2.45, 2.75) is 51.5 Å². The number of rotatable bonds is 3. The topological polar surface area (TPSA) is 32.3 Å². The fourth-order valence-corrected chi connectivity index (χ4v) is 2.82. The van der Waals surface area contributed by atoms with Gasteiger partial charge < -0.3 is 5.32 Å². The molecule has 1 amide bonds. The van der Waals surface area contributed by atoms with E-state index in [1.807, 2.05) is 0 Å². The maximum atomic E-state index is 11.8. The molecular weight excluding hydrogens is 200 g/mol. The number of amides is 1. The highest BCUT2D eigenvalue weighted by molar-refractivity contribution is 5.78. The van der Waals surface area contributed by atoms with E-state index < -0.39 is 0 Å². The zero-order valence-corrected chi connectivity index (χ0v) is 10.4. The third kappa shape index (κ3) is 3.48. The van der Waals surface area contributed by atoms with Gasteiger partial charge >= 0.3 is 0 Å². The van der Waals surface area contributed by atoms with E-state index in [-0.39, 0.29) is 5.91 Å². The van der Waals surface area contributed by atoms with Crippen LogP contribution in [0.4, 0.5) is 0 Å². The number of hydrogen-bond acceptors (Lipinski definition) is 2. The molecule has 0 spiro atoms. The van der Waals surface area contributed by atoms with Crippen LogP contribution < -0.4 is 5.32 Å². The first-order valence-electron chi connectivity index (χ1n) is 6.76. The van der Waals surface area contributed by atoms with Crippen LogP contribution in [-0.4, -0.2) is 36.5 Å². The highest BCUT2D eigenvalue weighted by Crippen LogP contribution is 2.23. The van der Waals surface area contributed by atoms with Crippen molar-refractivity contribution in [3.8, 4) is 0 Å². The third-order valence-corrected chi connectivity index (χ3v) is 3.95. The van der Waals surface area contributed by atoms with Gasteiger partial charge in [-0.3, -0.25) is 9.69 Å². The second kappa shape index (κ2) is 5.67. The molecule has 1 aliphatic carbocycles. The molecule has 0 radical (unpaired) electrons. The van der Waals surface area contributed by atoms with Crippen LogP contribution in [-0.2, 0) is 4.79 Å². The number of nitrogens with zero attached hydrogens (tertiary/aromatic N) is 1. The van der Waals surface area contributed by atoms with Gasteiger partial charge in [-0.1, -0.05) is 6.92 Å². The minimum absolute atomic E-state index is 0.237. The van der Waals surface area contributed by atoms with E-state index in [9.17, 15) is 4.79 Å². The Balaban J connectivity index is 1.66. The lowest BCUT2D eigenvalue weighted by Gasteiger charge is -2.27. The predicted octanol–water partition coefficient (Wildman–Crippen LogP) is 1.78. The number of carbonyl (C=O) groups excluding carboxylic acids is 1. The Labute approximate surface area is 98.6 Å². The van der Waals surface area contributed by atoms with Crippen LogP contribution in [0.3, 0.4) is 0 Å². The highest BCUT2D eigenvalue weighted by Gasteiger charge is 2.21. The first-order chi connectivity index (χ1) is 7.74. The van der Waals surface area contributed by atoms with Crippen molar-refractivity contribution in [3.63, 3.8) is 0 Å². The normalized spacial score (nSPS) is 31.6. The summed E-state index contributed by atoms with van der Waals surface area (Å²) in [6.45, 7) is 5.14. The lowest BCUT2D eigenvalue weighted by molar-refractivity contribution is -0.123. The molecule has 2 aliphatic rings. The Morgan fingerprint density at radius 3 is 2.44 bits per heavy atom. The van der Waals surface area contributed by atoms with E-state index in [4.69, 9.17) is 0 Å². The Morgan fingerprint density at radius 2 is 1.81 bits per heavy atom. The molecule has 0 aromatic carbocycles. The molecule has 1 aliphatic heterocycles. The van der Waals surface area contributed by atoms with Crippen molar-refractivity contribution < 1.29 is 4.79 Å². The smallest absolute Gasteiger partial charge is 0.234 e. The van der Waals surface area contributed by atoms with E-state index in [2.05, 4.69) is 17.1 Å². The first-order valence-corrected chi connectivity index (χ1v) is 6.76. The van der Waals surface area contributed by atoms with Crippen molar-refractivity contribution >= 4 is 5.91 Å². The van der Waals surface area contributed by atoms with Crippen molar-refractivity contribution in [3.05, 3.63) is 0 Å². The summed E-state index contributed by atoms with van der Waals surface area (Å²) in [6, 6.07) is 0.450. The summed E-state index contributed by atoms with van der Waals surface area (Å²) < 4.78 is 0.